The molecular weight excluding hydrogens is 254 g/mol. The monoisotopic (exact) mass is 271 g/mol. The number of rotatable bonds is 6. The molecule has 0 amide bonds. The van der Waals surface area contributed by atoms with Crippen LogP contribution in [0, 0.1) is 10.1 Å². The number of nitro benzene ring substituents is 1. The molecule has 0 saturated carbocycles. The summed E-state index contributed by atoms with van der Waals surface area (Å²) in [5, 5.41) is 10.9. The molecule has 0 radical (unpaired) electrons. The zero-order valence-electron chi connectivity index (χ0n) is 10.4. The second-order valence-electron chi connectivity index (χ2n) is 4.00. The Bertz CT molecular complexity index is 451. The predicted molar refractivity (Wildman–Crippen MR) is 70.4 cm³/mol. The maximum absolute atomic E-state index is 12.4. The van der Waals surface area contributed by atoms with Crippen molar-refractivity contribution in [2.24, 2.45) is 5.73 Å². The number of hydrogen-bond donors (Lipinski definition) is 1. The van der Waals surface area contributed by atoms with Crippen LogP contribution < -0.4 is 5.73 Å². The third kappa shape index (κ3) is 3.34. The molecule has 6 nitrogen and oxygen atoms in total. The number of para-hydroxylation sites is 1. The first kappa shape index (κ1) is 14.7. The van der Waals surface area contributed by atoms with Crippen LogP contribution in [0.2, 0.25) is 0 Å². The van der Waals surface area contributed by atoms with Crippen molar-refractivity contribution >= 4 is 16.7 Å². The van der Waals surface area contributed by atoms with E-state index in [1.165, 1.54) is 12.1 Å². The summed E-state index contributed by atoms with van der Waals surface area (Å²) in [5.74, 6) is 0. The first-order valence-corrected chi connectivity index (χ1v) is 6.71. The van der Waals surface area contributed by atoms with Gasteiger partial charge in [0.25, 0.3) is 5.69 Å². The van der Waals surface area contributed by atoms with E-state index in [0.29, 0.717) is 13.1 Å². The summed E-state index contributed by atoms with van der Waals surface area (Å²) in [6.07, 6.45) is 0. The van der Waals surface area contributed by atoms with E-state index in [-0.39, 0.29) is 16.6 Å². The quantitative estimate of drug-likeness (QED) is 0.623. The molecule has 2 N–H and O–H groups in total. The number of benzene rings is 1. The van der Waals surface area contributed by atoms with Crippen LogP contribution in [0.1, 0.15) is 13.8 Å². The second-order valence-corrected chi connectivity index (χ2v) is 5.40. The molecule has 0 aliphatic heterocycles. The van der Waals surface area contributed by atoms with Crippen molar-refractivity contribution in [3.63, 3.8) is 0 Å². The number of nitro groups is 1. The van der Waals surface area contributed by atoms with Crippen LogP contribution >= 0.6 is 0 Å². The van der Waals surface area contributed by atoms with E-state index in [1.807, 2.05) is 13.8 Å². The predicted octanol–water partition coefficient (Wildman–Crippen LogP) is 1.29. The summed E-state index contributed by atoms with van der Waals surface area (Å²) in [4.78, 5) is 10.6. The number of hydrogen-bond acceptors (Lipinski definition) is 4. The van der Waals surface area contributed by atoms with E-state index < -0.39 is 15.9 Å². The molecular formula is C11H17N3O3S. The zero-order chi connectivity index (χ0) is 13.7. The Balaban J connectivity index is 3.12. The van der Waals surface area contributed by atoms with E-state index in [4.69, 9.17) is 5.73 Å². The van der Waals surface area contributed by atoms with Crippen LogP contribution in [-0.4, -0.2) is 32.6 Å². The molecule has 1 aromatic carbocycles. The van der Waals surface area contributed by atoms with Crippen molar-refractivity contribution in [3.8, 4) is 0 Å². The van der Waals surface area contributed by atoms with Gasteiger partial charge < -0.3 is 5.73 Å². The minimum absolute atomic E-state index is 0.00538. The van der Waals surface area contributed by atoms with Gasteiger partial charge in [0, 0.05) is 25.2 Å². The molecule has 0 aromatic heterocycles. The summed E-state index contributed by atoms with van der Waals surface area (Å²) in [6.45, 7) is 4.53. The lowest BCUT2D eigenvalue weighted by atomic mass is 10.3. The molecule has 0 bridgehead atoms. The Morgan fingerprint density at radius 2 is 2.06 bits per heavy atom. The molecule has 0 heterocycles. The van der Waals surface area contributed by atoms with E-state index >= 15 is 0 Å². The van der Waals surface area contributed by atoms with Gasteiger partial charge >= 0.3 is 0 Å². The topological polar surface area (TPSA) is 89.5 Å². The van der Waals surface area contributed by atoms with Crippen LogP contribution in [0.15, 0.2) is 29.2 Å². The molecule has 100 valence electrons. The van der Waals surface area contributed by atoms with E-state index in [9.17, 15) is 14.3 Å². The SMILES string of the molecule is CC(C)N(CCN)S(=O)c1ccccc1[N+](=O)[O-]. The lowest BCUT2D eigenvalue weighted by molar-refractivity contribution is -0.387. The van der Waals surface area contributed by atoms with Crippen LogP contribution in [0.4, 0.5) is 5.69 Å². The van der Waals surface area contributed by atoms with Crippen molar-refractivity contribution in [2.45, 2.75) is 24.8 Å². The maximum Gasteiger partial charge on any atom is 0.286 e. The first-order chi connectivity index (χ1) is 8.49. The van der Waals surface area contributed by atoms with Crippen molar-refractivity contribution in [1.29, 1.82) is 0 Å². The Morgan fingerprint density at radius 3 is 2.56 bits per heavy atom. The average Bonchev–Trinajstić information content (AvgIpc) is 2.34. The van der Waals surface area contributed by atoms with Gasteiger partial charge in [0.05, 0.1) is 4.92 Å². The third-order valence-electron chi connectivity index (χ3n) is 2.39. The van der Waals surface area contributed by atoms with Crippen LogP contribution in [0.3, 0.4) is 0 Å². The molecule has 1 atom stereocenters. The van der Waals surface area contributed by atoms with Crippen LogP contribution in [0.5, 0.6) is 0 Å². The lowest BCUT2D eigenvalue weighted by Crippen LogP contribution is -2.37. The van der Waals surface area contributed by atoms with Gasteiger partial charge in [-0.05, 0) is 19.9 Å². The highest BCUT2D eigenvalue weighted by atomic mass is 32.2. The van der Waals surface area contributed by atoms with Crippen molar-refractivity contribution < 1.29 is 9.13 Å². The van der Waals surface area contributed by atoms with Gasteiger partial charge in [-0.1, -0.05) is 12.1 Å². The van der Waals surface area contributed by atoms with Crippen molar-refractivity contribution in [1.82, 2.24) is 4.31 Å². The normalized spacial score (nSPS) is 12.9. The molecule has 0 spiro atoms. The van der Waals surface area contributed by atoms with Gasteiger partial charge in [-0.2, -0.15) is 0 Å². The largest absolute Gasteiger partial charge is 0.329 e. The van der Waals surface area contributed by atoms with Gasteiger partial charge in [0.15, 0.2) is 0 Å². The van der Waals surface area contributed by atoms with Gasteiger partial charge in [-0.15, -0.1) is 0 Å². The molecule has 1 unspecified atom stereocenters. The standard InChI is InChI=1S/C11H17N3O3S/c1-9(2)13(8-7-12)18(17)11-6-4-3-5-10(11)14(15)16/h3-6,9H,7-8,12H2,1-2H3. The van der Waals surface area contributed by atoms with E-state index in [2.05, 4.69) is 0 Å². The molecule has 18 heavy (non-hydrogen) atoms. The third-order valence-corrected chi connectivity index (χ3v) is 4.14. The first-order valence-electron chi connectivity index (χ1n) is 5.61. The maximum atomic E-state index is 12.4. The molecule has 0 aliphatic rings. The molecule has 7 heteroatoms. The van der Waals surface area contributed by atoms with Crippen molar-refractivity contribution in [3.05, 3.63) is 34.4 Å². The fourth-order valence-corrected chi connectivity index (χ4v) is 2.97. The summed E-state index contributed by atoms with van der Waals surface area (Å²) < 4.78 is 14.0. The smallest absolute Gasteiger partial charge is 0.286 e. The van der Waals surface area contributed by atoms with Gasteiger partial charge in [0.1, 0.15) is 15.9 Å². The zero-order valence-corrected chi connectivity index (χ0v) is 11.2. The molecule has 0 saturated heterocycles. The van der Waals surface area contributed by atoms with Crippen LogP contribution in [-0.2, 0) is 11.0 Å². The van der Waals surface area contributed by atoms with E-state index in [1.54, 1.807) is 16.4 Å². The number of nitrogens with two attached hydrogens (primary N) is 1. The van der Waals surface area contributed by atoms with Gasteiger partial charge in [-0.25, -0.2) is 8.51 Å². The summed E-state index contributed by atoms with van der Waals surface area (Å²) in [5.41, 5.74) is 5.34. The highest BCUT2D eigenvalue weighted by molar-refractivity contribution is 7.82. The molecule has 1 aromatic rings. The molecule has 0 fully saturated rings. The minimum Gasteiger partial charge on any atom is -0.329 e. The molecule has 0 aliphatic carbocycles. The minimum atomic E-state index is -1.57. The highest BCUT2D eigenvalue weighted by Crippen LogP contribution is 2.24. The molecule has 1 rings (SSSR count). The fraction of sp³-hybridized carbons (Fsp3) is 0.455. The summed E-state index contributed by atoms with van der Waals surface area (Å²) >= 11 is 0. The highest BCUT2D eigenvalue weighted by Gasteiger charge is 2.24. The Kier molecular flexibility index (Phi) is 5.39. The van der Waals surface area contributed by atoms with Gasteiger partial charge in [0.2, 0.25) is 0 Å². The fourth-order valence-electron chi connectivity index (χ4n) is 1.54. The Labute approximate surface area is 109 Å². The summed E-state index contributed by atoms with van der Waals surface area (Å²) in [6, 6.07) is 6.06. The van der Waals surface area contributed by atoms with Crippen LogP contribution in [0.25, 0.3) is 0 Å². The second kappa shape index (κ2) is 6.58. The van der Waals surface area contributed by atoms with Crippen molar-refractivity contribution in [2.75, 3.05) is 13.1 Å². The summed E-state index contributed by atoms with van der Waals surface area (Å²) in [7, 11) is -1.57. The van der Waals surface area contributed by atoms with E-state index in [0.717, 1.165) is 0 Å². The Hall–Kier alpha value is -1.31. The van der Waals surface area contributed by atoms with Gasteiger partial charge in [-0.3, -0.25) is 10.1 Å². The number of nitrogens with zero attached hydrogens (tertiary/aromatic N) is 2. The average molecular weight is 271 g/mol. The Morgan fingerprint density at radius 1 is 1.44 bits per heavy atom. The lowest BCUT2D eigenvalue weighted by Gasteiger charge is -2.24.